The molecule has 3 atom stereocenters. The van der Waals surface area contributed by atoms with Gasteiger partial charge >= 0.3 is 6.01 Å². The lowest BCUT2D eigenvalue weighted by Gasteiger charge is -2.31. The molecule has 65 heavy (non-hydrogen) atoms. The number of nitrogens with zero attached hydrogens (tertiary/aromatic N) is 6. The number of hydrogen-bond acceptors (Lipinski definition) is 10. The van der Waals surface area contributed by atoms with Gasteiger partial charge in [-0.15, -0.1) is 0 Å². The van der Waals surface area contributed by atoms with Crippen LogP contribution in [0.5, 0.6) is 23.3 Å². The van der Waals surface area contributed by atoms with Gasteiger partial charge in [-0.3, -0.25) is 9.59 Å². The highest BCUT2D eigenvalue weighted by molar-refractivity contribution is 6.25. The molecule has 13 heteroatoms. The van der Waals surface area contributed by atoms with Crippen LogP contribution in [0.3, 0.4) is 0 Å². The molecule has 0 saturated carbocycles. The highest BCUT2D eigenvalue weighted by Crippen LogP contribution is 2.40. The zero-order valence-corrected chi connectivity index (χ0v) is 39.0. The van der Waals surface area contributed by atoms with E-state index in [0.29, 0.717) is 51.9 Å². The number of hydrogen-bond donors (Lipinski definition) is 1. The molecular weight excluding hydrogens is 819 g/mol. The Morgan fingerprint density at radius 2 is 1.54 bits per heavy atom. The van der Waals surface area contributed by atoms with Crippen molar-refractivity contribution < 1.29 is 28.5 Å². The molecule has 1 aliphatic heterocycles. The quantitative estimate of drug-likeness (QED) is 0.0893. The number of rotatable bonds is 18. The van der Waals surface area contributed by atoms with Crippen LogP contribution in [-0.4, -0.2) is 57.1 Å². The standard InChI is InChI=1S/C52H59N7O6/c1-11-43(64-45-29-27-36(51(6,7)12-2)32-40(45)52(8,9)13-3)48(60)53-41-24-17-18-25-42(41)59-49(61)47(46(55-59)35-20-19-23-38(31-35)62-10)65-44-28-26-33(4)30-39(44)34(5)63-50-54-56-57-58(50)37-21-15-14-16-22-37/h14-32,34,43,47H,11-13H2,1-10H3,(H,53,60). The number of carbonyl (C=O) groups is 2. The van der Waals surface area contributed by atoms with Gasteiger partial charge in [0.2, 0.25) is 6.10 Å². The van der Waals surface area contributed by atoms with E-state index in [-0.39, 0.29) is 22.7 Å². The summed E-state index contributed by atoms with van der Waals surface area (Å²) in [6, 6.07) is 36.0. The van der Waals surface area contributed by atoms with Crippen molar-refractivity contribution in [2.75, 3.05) is 17.4 Å². The van der Waals surface area contributed by atoms with Crippen LogP contribution >= 0.6 is 0 Å². The van der Waals surface area contributed by atoms with Crippen LogP contribution < -0.4 is 29.3 Å². The minimum Gasteiger partial charge on any atom is -0.497 e. The number of aromatic nitrogens is 4. The first-order valence-corrected chi connectivity index (χ1v) is 22.2. The van der Waals surface area contributed by atoms with E-state index < -0.39 is 24.2 Å². The SMILES string of the molecule is CCC(Oc1ccc(C(C)(C)CC)cc1C(C)(C)CC)C(=O)Nc1ccccc1N1N=C(c2cccc(OC)c2)C(Oc2ccc(C)cc2C(C)Oc2nnnn2-c2ccccc2)C1=O. The van der Waals surface area contributed by atoms with Crippen molar-refractivity contribution in [2.24, 2.45) is 5.10 Å². The molecule has 0 radical (unpaired) electrons. The van der Waals surface area contributed by atoms with Gasteiger partial charge in [-0.25, -0.2) is 0 Å². The molecule has 0 fully saturated rings. The molecule has 5 aromatic carbocycles. The normalized spacial score (nSPS) is 15.0. The minimum absolute atomic E-state index is 0.0205. The monoisotopic (exact) mass is 877 g/mol. The molecule has 0 bridgehead atoms. The summed E-state index contributed by atoms with van der Waals surface area (Å²) >= 11 is 0. The molecular formula is C52H59N7O6. The zero-order valence-electron chi connectivity index (χ0n) is 39.0. The predicted octanol–water partition coefficient (Wildman–Crippen LogP) is 10.5. The smallest absolute Gasteiger partial charge is 0.340 e. The predicted molar refractivity (Wildman–Crippen MR) is 254 cm³/mol. The molecule has 3 unspecified atom stereocenters. The van der Waals surface area contributed by atoms with Gasteiger partial charge in [-0.05, 0) is 115 Å². The summed E-state index contributed by atoms with van der Waals surface area (Å²) < 4.78 is 26.8. The van der Waals surface area contributed by atoms with Crippen LogP contribution in [0.25, 0.3) is 5.69 Å². The molecule has 7 rings (SSSR count). The number of amides is 2. The maximum absolute atomic E-state index is 14.9. The van der Waals surface area contributed by atoms with E-state index in [0.717, 1.165) is 29.7 Å². The number of methoxy groups -OCH3 is 1. The lowest BCUT2D eigenvalue weighted by atomic mass is 9.76. The van der Waals surface area contributed by atoms with Gasteiger partial charge in [0.25, 0.3) is 11.8 Å². The van der Waals surface area contributed by atoms with Crippen molar-refractivity contribution in [3.8, 4) is 28.9 Å². The van der Waals surface area contributed by atoms with Crippen molar-refractivity contribution >= 4 is 28.9 Å². The Balaban J connectivity index is 1.19. The molecule has 1 aliphatic rings. The third-order valence-corrected chi connectivity index (χ3v) is 12.4. The second kappa shape index (κ2) is 19.4. The van der Waals surface area contributed by atoms with Gasteiger partial charge in [0.15, 0.2) is 6.10 Å². The van der Waals surface area contributed by atoms with E-state index >= 15 is 0 Å². The lowest BCUT2D eigenvalue weighted by Crippen LogP contribution is -2.38. The number of aryl methyl sites for hydroxylation is 1. The average Bonchev–Trinajstić information content (AvgIpc) is 3.92. The van der Waals surface area contributed by atoms with Crippen molar-refractivity contribution in [1.82, 2.24) is 20.2 Å². The van der Waals surface area contributed by atoms with Gasteiger partial charge in [0.1, 0.15) is 29.1 Å². The van der Waals surface area contributed by atoms with E-state index in [9.17, 15) is 9.59 Å². The topological polar surface area (TPSA) is 142 Å². The van der Waals surface area contributed by atoms with E-state index in [1.165, 1.54) is 15.3 Å². The fraction of sp³-hybridized carbons (Fsp3) is 0.346. The van der Waals surface area contributed by atoms with Crippen molar-refractivity contribution in [1.29, 1.82) is 0 Å². The van der Waals surface area contributed by atoms with Gasteiger partial charge in [0.05, 0.1) is 24.2 Å². The fourth-order valence-electron chi connectivity index (χ4n) is 7.56. The third kappa shape index (κ3) is 9.89. The number of tetrazole rings is 1. The summed E-state index contributed by atoms with van der Waals surface area (Å²) in [5.74, 6) is 0.833. The second-order valence-corrected chi connectivity index (χ2v) is 17.6. The average molecular weight is 878 g/mol. The summed E-state index contributed by atoms with van der Waals surface area (Å²) in [5.41, 5.74) is 6.12. The van der Waals surface area contributed by atoms with Crippen molar-refractivity contribution in [3.05, 3.63) is 143 Å². The molecule has 0 aliphatic carbocycles. The lowest BCUT2D eigenvalue weighted by molar-refractivity contribution is -0.123. The van der Waals surface area contributed by atoms with Crippen molar-refractivity contribution in [3.63, 3.8) is 0 Å². The van der Waals surface area contributed by atoms with Crippen molar-refractivity contribution in [2.45, 2.75) is 111 Å². The number of ether oxygens (including phenoxy) is 4. The summed E-state index contributed by atoms with van der Waals surface area (Å²) in [5, 5.41) is 21.4. The summed E-state index contributed by atoms with van der Waals surface area (Å²) in [7, 11) is 1.58. The molecule has 1 aromatic heterocycles. The summed E-state index contributed by atoms with van der Waals surface area (Å²) in [6.45, 7) is 19.0. The number of carbonyl (C=O) groups excluding carboxylic acids is 2. The molecule has 338 valence electrons. The van der Waals surface area contributed by atoms with E-state index in [2.05, 4.69) is 74.5 Å². The van der Waals surface area contributed by atoms with Crippen LogP contribution in [0.4, 0.5) is 11.4 Å². The second-order valence-electron chi connectivity index (χ2n) is 17.6. The summed E-state index contributed by atoms with van der Waals surface area (Å²) in [4.78, 5) is 29.1. The van der Waals surface area contributed by atoms with Crippen LogP contribution in [0.15, 0.2) is 120 Å². The first kappa shape index (κ1) is 46.0. The third-order valence-electron chi connectivity index (χ3n) is 12.4. The number of para-hydroxylation sites is 3. The molecule has 2 amide bonds. The molecule has 1 N–H and O–H groups in total. The highest BCUT2D eigenvalue weighted by atomic mass is 16.5. The Morgan fingerprint density at radius 3 is 2.26 bits per heavy atom. The zero-order chi connectivity index (χ0) is 46.5. The van der Waals surface area contributed by atoms with E-state index in [1.807, 2.05) is 93.6 Å². The van der Waals surface area contributed by atoms with Gasteiger partial charge in [-0.1, -0.05) is 120 Å². The van der Waals surface area contributed by atoms with E-state index in [1.54, 1.807) is 37.4 Å². The first-order valence-electron chi connectivity index (χ1n) is 22.2. The fourth-order valence-corrected chi connectivity index (χ4v) is 7.56. The Bertz CT molecular complexity index is 2680. The number of benzene rings is 5. The van der Waals surface area contributed by atoms with Gasteiger partial charge in [0, 0.05) is 16.7 Å². The number of anilines is 2. The molecule has 13 nitrogen and oxygen atoms in total. The Labute approximate surface area is 381 Å². The molecule has 0 saturated heterocycles. The minimum atomic E-state index is -1.21. The summed E-state index contributed by atoms with van der Waals surface area (Å²) in [6.07, 6.45) is -0.378. The van der Waals surface area contributed by atoms with E-state index in [4.69, 9.17) is 24.0 Å². The molecule has 2 heterocycles. The van der Waals surface area contributed by atoms with Crippen LogP contribution in [-0.2, 0) is 20.4 Å². The maximum Gasteiger partial charge on any atom is 0.340 e. The molecule has 0 spiro atoms. The molecule has 6 aromatic rings. The first-order chi connectivity index (χ1) is 31.2. The van der Waals surface area contributed by atoms with Gasteiger partial charge in [-0.2, -0.15) is 14.8 Å². The Hall–Kier alpha value is -7.02. The maximum atomic E-state index is 14.9. The van der Waals surface area contributed by atoms with Crippen LogP contribution in [0, 0.1) is 6.92 Å². The van der Waals surface area contributed by atoms with Crippen LogP contribution in [0.1, 0.15) is 109 Å². The number of hydrazone groups is 1. The largest absolute Gasteiger partial charge is 0.497 e. The Morgan fingerprint density at radius 1 is 0.815 bits per heavy atom. The van der Waals surface area contributed by atoms with Crippen LogP contribution in [0.2, 0.25) is 0 Å². The highest BCUT2D eigenvalue weighted by Gasteiger charge is 2.41. The van der Waals surface area contributed by atoms with Gasteiger partial charge < -0.3 is 24.3 Å². The number of nitrogens with one attached hydrogen (secondary N) is 1. The Kier molecular flexibility index (Phi) is 13.7.